The average Bonchev–Trinajstić information content (AvgIpc) is 3.50. The van der Waals surface area contributed by atoms with Gasteiger partial charge in [-0.05, 0) is 38.1 Å². The molecular weight excluding hydrogens is 477 g/mol. The fourth-order valence-corrected chi connectivity index (χ4v) is 4.80. The van der Waals surface area contributed by atoms with E-state index in [1.54, 1.807) is 49.1 Å². The Kier molecular flexibility index (Phi) is 5.54. The van der Waals surface area contributed by atoms with Crippen molar-refractivity contribution in [2.45, 2.75) is 32.1 Å². The van der Waals surface area contributed by atoms with Gasteiger partial charge in [-0.2, -0.15) is 0 Å². The van der Waals surface area contributed by atoms with Gasteiger partial charge in [0.25, 0.3) is 5.91 Å². The molecule has 0 radical (unpaired) electrons. The number of amides is 1. The number of morpholine rings is 1. The van der Waals surface area contributed by atoms with Crippen molar-refractivity contribution in [1.82, 2.24) is 24.7 Å². The fourth-order valence-electron chi connectivity index (χ4n) is 4.80. The second-order valence-corrected chi connectivity index (χ2v) is 9.74. The predicted octanol–water partition coefficient (Wildman–Crippen LogP) is 2.89. The second kappa shape index (κ2) is 8.79. The first kappa shape index (κ1) is 23.3. The molecule has 0 aromatic carbocycles. The summed E-state index contributed by atoms with van der Waals surface area (Å²) >= 11 is 0. The number of ether oxygens (including phenoxy) is 1. The van der Waals surface area contributed by atoms with Crippen molar-refractivity contribution in [2.24, 2.45) is 0 Å². The van der Waals surface area contributed by atoms with Crippen molar-refractivity contribution in [3.05, 3.63) is 66.0 Å². The number of carbonyl (C=O) groups excluding carboxylic acids is 1. The summed E-state index contributed by atoms with van der Waals surface area (Å²) < 4.78 is 21.5. The summed E-state index contributed by atoms with van der Waals surface area (Å²) in [4.78, 5) is 28.2. The number of halogens is 1. The Morgan fingerprint density at radius 3 is 2.84 bits per heavy atom. The number of carbonyl (C=O) groups is 1. The zero-order valence-corrected chi connectivity index (χ0v) is 20.4. The van der Waals surface area contributed by atoms with Crippen LogP contribution in [-0.2, 0) is 11.3 Å². The van der Waals surface area contributed by atoms with Crippen molar-refractivity contribution in [2.75, 3.05) is 29.9 Å². The number of rotatable bonds is 5. The van der Waals surface area contributed by atoms with E-state index < -0.39 is 11.4 Å². The Morgan fingerprint density at radius 2 is 2.05 bits per heavy atom. The first-order valence-electron chi connectivity index (χ1n) is 12.0. The van der Waals surface area contributed by atoms with Gasteiger partial charge in [0.15, 0.2) is 11.5 Å². The topological polar surface area (TPSA) is 117 Å². The van der Waals surface area contributed by atoms with Gasteiger partial charge in [0.2, 0.25) is 0 Å². The normalized spacial score (nSPS) is 17.7. The molecule has 0 spiro atoms. The van der Waals surface area contributed by atoms with E-state index in [1.165, 1.54) is 6.07 Å². The van der Waals surface area contributed by atoms with Gasteiger partial charge in [-0.15, -0.1) is 0 Å². The summed E-state index contributed by atoms with van der Waals surface area (Å²) in [6.45, 7) is 5.58. The molecule has 1 atom stereocenters. The number of nitrogens with zero attached hydrogens (tertiary/aromatic N) is 5. The highest BCUT2D eigenvalue weighted by Gasteiger charge is 2.33. The van der Waals surface area contributed by atoms with Crippen LogP contribution in [0.15, 0.2) is 49.1 Å². The van der Waals surface area contributed by atoms with Gasteiger partial charge in [-0.3, -0.25) is 14.2 Å². The highest BCUT2D eigenvalue weighted by atomic mass is 19.1. The first-order valence-corrected chi connectivity index (χ1v) is 12.0. The van der Waals surface area contributed by atoms with Gasteiger partial charge in [0, 0.05) is 31.4 Å². The zero-order valence-electron chi connectivity index (χ0n) is 20.4. The second-order valence-electron chi connectivity index (χ2n) is 9.74. The van der Waals surface area contributed by atoms with E-state index in [4.69, 9.17) is 4.74 Å². The summed E-state index contributed by atoms with van der Waals surface area (Å²) in [5, 5.41) is 16.4. The van der Waals surface area contributed by atoms with Gasteiger partial charge in [-0.1, -0.05) is 0 Å². The van der Waals surface area contributed by atoms with Crippen molar-refractivity contribution in [3.8, 4) is 11.4 Å². The van der Waals surface area contributed by atoms with Crippen LogP contribution < -0.4 is 15.5 Å². The van der Waals surface area contributed by atoms with E-state index in [1.807, 2.05) is 12.1 Å². The predicted molar refractivity (Wildman–Crippen MR) is 135 cm³/mol. The van der Waals surface area contributed by atoms with E-state index in [9.17, 15) is 14.3 Å². The third kappa shape index (κ3) is 4.15. The molecule has 1 fully saturated rings. The standard InChI is InChI=1S/C26H26FN7O3/c1-26(2,36)20-14-33(8-9-37-20)15-5-6-21(28-10-15)32-18-12-29-23(16-11-31-25(35)22(16)18)19-13-30-24-17(27)4-3-7-34(19)24/h3-7,10,12-13,20,36H,8-9,11,14H2,1-2H3,(H,28,32)(H,31,35). The monoisotopic (exact) mass is 503 g/mol. The number of hydrogen-bond acceptors (Lipinski definition) is 8. The summed E-state index contributed by atoms with van der Waals surface area (Å²) in [5.41, 5.74) is 3.06. The highest BCUT2D eigenvalue weighted by molar-refractivity contribution is 6.05. The number of imidazole rings is 1. The Balaban J connectivity index is 1.28. The molecule has 37 heavy (non-hydrogen) atoms. The summed E-state index contributed by atoms with van der Waals surface area (Å²) in [5.74, 6) is -0.0896. The minimum atomic E-state index is -0.939. The van der Waals surface area contributed by atoms with Gasteiger partial charge in [0.1, 0.15) is 11.9 Å². The molecule has 0 saturated carbocycles. The number of nitrogens with one attached hydrogen (secondary N) is 2. The van der Waals surface area contributed by atoms with Crippen LogP contribution in [0.5, 0.6) is 0 Å². The molecule has 3 N–H and O–H groups in total. The number of aromatic nitrogens is 4. The molecule has 0 aliphatic carbocycles. The smallest absolute Gasteiger partial charge is 0.254 e. The molecule has 1 saturated heterocycles. The number of hydrogen-bond donors (Lipinski definition) is 3. The lowest BCUT2D eigenvalue weighted by Gasteiger charge is -2.39. The maximum Gasteiger partial charge on any atom is 0.254 e. The molecule has 190 valence electrons. The molecule has 1 unspecified atom stereocenters. The SMILES string of the molecule is CC(C)(O)C1CN(c2ccc(Nc3cnc(-c4cnc5c(F)cccn45)c4c3C(=O)NC4)nc2)CCO1. The molecule has 6 rings (SSSR count). The van der Waals surface area contributed by atoms with Gasteiger partial charge >= 0.3 is 0 Å². The summed E-state index contributed by atoms with van der Waals surface area (Å²) in [7, 11) is 0. The Morgan fingerprint density at radius 1 is 1.19 bits per heavy atom. The van der Waals surface area contributed by atoms with Crippen LogP contribution in [0.3, 0.4) is 0 Å². The Labute approximate surface area is 212 Å². The highest BCUT2D eigenvalue weighted by Crippen LogP contribution is 2.34. The van der Waals surface area contributed by atoms with Crippen LogP contribution in [0, 0.1) is 5.82 Å². The molecule has 6 heterocycles. The Bertz CT molecular complexity index is 1500. The van der Waals surface area contributed by atoms with E-state index >= 15 is 0 Å². The minimum absolute atomic E-state index is 0.200. The summed E-state index contributed by atoms with van der Waals surface area (Å²) in [6, 6.07) is 6.73. The van der Waals surface area contributed by atoms with Gasteiger partial charge < -0.3 is 25.4 Å². The number of aliphatic hydroxyl groups is 1. The van der Waals surface area contributed by atoms with Crippen LogP contribution in [-0.4, -0.2) is 61.8 Å². The lowest BCUT2D eigenvalue weighted by molar-refractivity contribution is -0.0928. The molecular formula is C26H26FN7O3. The first-order chi connectivity index (χ1) is 17.8. The van der Waals surface area contributed by atoms with Crippen LogP contribution in [0.1, 0.15) is 29.8 Å². The van der Waals surface area contributed by atoms with E-state index in [0.29, 0.717) is 60.3 Å². The number of pyridine rings is 3. The van der Waals surface area contributed by atoms with Crippen LogP contribution in [0.2, 0.25) is 0 Å². The lowest BCUT2D eigenvalue weighted by Crippen LogP contribution is -2.52. The molecule has 0 bridgehead atoms. The van der Waals surface area contributed by atoms with E-state index in [2.05, 4.69) is 30.5 Å². The maximum atomic E-state index is 14.2. The quantitative estimate of drug-likeness (QED) is 0.381. The van der Waals surface area contributed by atoms with E-state index in [0.717, 1.165) is 5.69 Å². The van der Waals surface area contributed by atoms with E-state index in [-0.39, 0.29) is 17.7 Å². The maximum absolute atomic E-state index is 14.2. The van der Waals surface area contributed by atoms with Crippen LogP contribution in [0.4, 0.5) is 21.6 Å². The van der Waals surface area contributed by atoms with Crippen LogP contribution >= 0.6 is 0 Å². The molecule has 4 aromatic rings. The molecule has 11 heteroatoms. The Hall–Kier alpha value is -4.09. The van der Waals surface area contributed by atoms with Crippen molar-refractivity contribution < 1.29 is 19.0 Å². The number of anilines is 3. The molecule has 2 aliphatic rings. The van der Waals surface area contributed by atoms with Gasteiger partial charge in [-0.25, -0.2) is 14.4 Å². The fraction of sp³-hybridized carbons (Fsp3) is 0.308. The third-order valence-electron chi connectivity index (χ3n) is 6.79. The lowest BCUT2D eigenvalue weighted by atomic mass is 10.00. The zero-order chi connectivity index (χ0) is 25.7. The average molecular weight is 504 g/mol. The molecule has 1 amide bonds. The van der Waals surface area contributed by atoms with Crippen molar-refractivity contribution in [3.63, 3.8) is 0 Å². The largest absolute Gasteiger partial charge is 0.388 e. The molecule has 2 aliphatic heterocycles. The minimum Gasteiger partial charge on any atom is -0.388 e. The van der Waals surface area contributed by atoms with Crippen LogP contribution in [0.25, 0.3) is 17.0 Å². The van der Waals surface area contributed by atoms with Crippen molar-refractivity contribution in [1.29, 1.82) is 0 Å². The number of fused-ring (bicyclic) bond motifs is 2. The molecule has 10 nitrogen and oxygen atoms in total. The molecule has 4 aromatic heterocycles. The van der Waals surface area contributed by atoms with Crippen molar-refractivity contribution >= 4 is 28.7 Å². The van der Waals surface area contributed by atoms with Gasteiger partial charge in [0.05, 0.1) is 59.1 Å². The summed E-state index contributed by atoms with van der Waals surface area (Å²) in [6.07, 6.45) is 6.32. The third-order valence-corrected chi connectivity index (χ3v) is 6.79.